The van der Waals surface area contributed by atoms with E-state index in [1.165, 1.54) is 0 Å². The quantitative estimate of drug-likeness (QED) is 0.443. The number of benzene rings is 2. The highest BCUT2D eigenvalue weighted by molar-refractivity contribution is 6.19. The number of aliphatic imine (C=N–C) groups is 1. The molecule has 1 amide bonds. The van der Waals surface area contributed by atoms with Crippen LogP contribution in [0.1, 0.15) is 11.1 Å². The molecular formula is C25H24N8O3. The third kappa shape index (κ3) is 4.09. The Kier molecular flexibility index (Phi) is 5.66. The lowest BCUT2D eigenvalue weighted by molar-refractivity contribution is -0.116. The van der Waals surface area contributed by atoms with E-state index in [1.807, 2.05) is 61.6 Å². The number of hydrogen-bond acceptors (Lipinski definition) is 9. The van der Waals surface area contributed by atoms with Crippen LogP contribution in [0.25, 0.3) is 11.5 Å². The summed E-state index contributed by atoms with van der Waals surface area (Å²) < 4.78 is 13.2. The highest BCUT2D eigenvalue weighted by Gasteiger charge is 2.28. The van der Waals surface area contributed by atoms with Crippen LogP contribution in [0.3, 0.4) is 0 Å². The van der Waals surface area contributed by atoms with Gasteiger partial charge in [-0.05, 0) is 6.07 Å². The third-order valence-electron chi connectivity index (χ3n) is 6.13. The fraction of sp³-hybridized carbons (Fsp3) is 0.240. The second-order valence-electron chi connectivity index (χ2n) is 8.44. The molecule has 2 aliphatic heterocycles. The largest absolute Gasteiger partial charge is 0.403 e. The normalized spacial score (nSPS) is 17.7. The zero-order valence-corrected chi connectivity index (χ0v) is 19.6. The number of hydrogen-bond donors (Lipinski definition) is 2. The average Bonchev–Trinajstić information content (AvgIpc) is 3.50. The van der Waals surface area contributed by atoms with Crippen LogP contribution in [0.4, 0.5) is 17.5 Å². The number of amides is 1. The minimum absolute atomic E-state index is 0.0871. The van der Waals surface area contributed by atoms with Crippen molar-refractivity contribution >= 4 is 29.1 Å². The van der Waals surface area contributed by atoms with Gasteiger partial charge in [-0.25, -0.2) is 4.99 Å². The zero-order chi connectivity index (χ0) is 24.5. The van der Waals surface area contributed by atoms with Gasteiger partial charge in [-0.3, -0.25) is 9.48 Å². The van der Waals surface area contributed by atoms with Crippen molar-refractivity contribution in [3.8, 4) is 11.5 Å². The first-order chi connectivity index (χ1) is 17.7. The molecule has 1 atom stereocenters. The molecule has 36 heavy (non-hydrogen) atoms. The fourth-order valence-electron chi connectivity index (χ4n) is 4.42. The van der Waals surface area contributed by atoms with Crippen LogP contribution in [-0.4, -0.2) is 64.1 Å². The van der Waals surface area contributed by atoms with E-state index in [0.29, 0.717) is 36.1 Å². The molecule has 2 N–H and O–H groups in total. The SMILES string of the molecule is Cn1ncc(-c2nnc(N[C@H]3N=C(c4ccccc4)c4ccccc4NC3=O)o2)c1N1CCOCC1. The molecule has 4 aromatic rings. The van der Waals surface area contributed by atoms with Crippen LogP contribution >= 0.6 is 0 Å². The van der Waals surface area contributed by atoms with Crippen molar-refractivity contribution in [3.63, 3.8) is 0 Å². The number of anilines is 3. The Labute approximate surface area is 206 Å². The number of aryl methyl sites for hydroxylation is 1. The van der Waals surface area contributed by atoms with E-state index in [9.17, 15) is 4.79 Å². The number of nitrogens with one attached hydrogen (secondary N) is 2. The number of fused-ring (bicyclic) bond motifs is 1. The Morgan fingerprint density at radius 3 is 2.61 bits per heavy atom. The molecule has 11 heteroatoms. The Morgan fingerprint density at radius 1 is 1.00 bits per heavy atom. The van der Waals surface area contributed by atoms with Crippen LogP contribution in [0.2, 0.25) is 0 Å². The highest BCUT2D eigenvalue weighted by atomic mass is 16.5. The number of benzodiazepines with no additional fused rings is 1. The van der Waals surface area contributed by atoms with E-state index < -0.39 is 6.17 Å². The van der Waals surface area contributed by atoms with Gasteiger partial charge in [-0.2, -0.15) is 5.10 Å². The highest BCUT2D eigenvalue weighted by Crippen LogP contribution is 2.31. The second kappa shape index (κ2) is 9.27. The minimum atomic E-state index is -0.978. The Hall–Kier alpha value is -4.51. The molecule has 2 aromatic carbocycles. The standard InChI is InChI=1S/C25H24N8O3/c1-32-24(33-11-13-35-14-12-33)18(15-26-32)23-30-31-25(36-23)29-21-22(34)27-19-10-6-5-9-17(19)20(28-21)16-7-3-2-4-8-16/h2-10,15,21H,11-14H2,1H3,(H,27,34)(H,29,31)/t21-/m1/s1. The summed E-state index contributed by atoms with van der Waals surface area (Å²) in [5.41, 5.74) is 3.81. The Morgan fingerprint density at radius 2 is 1.78 bits per heavy atom. The van der Waals surface area contributed by atoms with Crippen molar-refractivity contribution in [2.24, 2.45) is 12.0 Å². The van der Waals surface area contributed by atoms with E-state index in [2.05, 4.69) is 30.8 Å². The summed E-state index contributed by atoms with van der Waals surface area (Å²) in [5.74, 6) is 0.848. The number of carbonyl (C=O) groups excluding carboxylic acids is 1. The molecule has 4 heterocycles. The van der Waals surface area contributed by atoms with Gasteiger partial charge in [-0.1, -0.05) is 53.6 Å². The van der Waals surface area contributed by atoms with E-state index >= 15 is 0 Å². The molecule has 2 aliphatic rings. The van der Waals surface area contributed by atoms with Gasteiger partial charge in [0.1, 0.15) is 11.4 Å². The first-order valence-electron chi connectivity index (χ1n) is 11.7. The van der Waals surface area contributed by atoms with Crippen molar-refractivity contribution < 1.29 is 13.9 Å². The van der Waals surface area contributed by atoms with Gasteiger partial charge in [-0.15, -0.1) is 5.10 Å². The van der Waals surface area contributed by atoms with Crippen LogP contribution in [0, 0.1) is 0 Å². The Balaban J connectivity index is 1.32. The number of para-hydroxylation sites is 1. The smallest absolute Gasteiger partial charge is 0.317 e. The van der Waals surface area contributed by atoms with Crippen LogP contribution in [0.15, 0.2) is 70.2 Å². The lowest BCUT2D eigenvalue weighted by Crippen LogP contribution is -2.37. The average molecular weight is 485 g/mol. The monoisotopic (exact) mass is 484 g/mol. The van der Waals surface area contributed by atoms with Crippen LogP contribution in [-0.2, 0) is 16.6 Å². The van der Waals surface area contributed by atoms with E-state index in [4.69, 9.17) is 14.1 Å². The molecule has 0 unspecified atom stereocenters. The fourth-order valence-corrected chi connectivity index (χ4v) is 4.42. The predicted octanol–water partition coefficient (Wildman–Crippen LogP) is 2.53. The van der Waals surface area contributed by atoms with Gasteiger partial charge in [0.2, 0.25) is 6.17 Å². The maximum atomic E-state index is 13.1. The summed E-state index contributed by atoms with van der Waals surface area (Å²) in [5, 5.41) is 18.7. The topological polar surface area (TPSA) is 123 Å². The Bertz CT molecular complexity index is 1420. The zero-order valence-electron chi connectivity index (χ0n) is 19.6. The number of carbonyl (C=O) groups is 1. The second-order valence-corrected chi connectivity index (χ2v) is 8.44. The molecule has 0 spiro atoms. The summed E-state index contributed by atoms with van der Waals surface area (Å²) in [4.78, 5) is 20.0. The summed E-state index contributed by atoms with van der Waals surface area (Å²) in [6.07, 6.45) is 0.719. The number of aromatic nitrogens is 4. The summed E-state index contributed by atoms with van der Waals surface area (Å²) in [7, 11) is 1.87. The molecule has 0 radical (unpaired) electrons. The van der Waals surface area contributed by atoms with Gasteiger partial charge in [0.25, 0.3) is 11.8 Å². The van der Waals surface area contributed by atoms with E-state index in [-0.39, 0.29) is 11.9 Å². The number of nitrogens with zero attached hydrogens (tertiary/aromatic N) is 6. The first-order valence-corrected chi connectivity index (χ1v) is 11.7. The lowest BCUT2D eigenvalue weighted by atomic mass is 10.0. The van der Waals surface area contributed by atoms with Crippen molar-refractivity contribution in [1.82, 2.24) is 20.0 Å². The predicted molar refractivity (Wildman–Crippen MR) is 134 cm³/mol. The molecule has 1 saturated heterocycles. The maximum Gasteiger partial charge on any atom is 0.317 e. The third-order valence-corrected chi connectivity index (χ3v) is 6.13. The van der Waals surface area contributed by atoms with Gasteiger partial charge in [0.05, 0.1) is 30.8 Å². The molecule has 0 bridgehead atoms. The minimum Gasteiger partial charge on any atom is -0.403 e. The molecule has 2 aromatic heterocycles. The summed E-state index contributed by atoms with van der Waals surface area (Å²) >= 11 is 0. The molecule has 0 saturated carbocycles. The molecule has 1 fully saturated rings. The molecule has 6 rings (SSSR count). The van der Waals surface area contributed by atoms with Crippen molar-refractivity contribution in [1.29, 1.82) is 0 Å². The number of rotatable bonds is 5. The lowest BCUT2D eigenvalue weighted by Gasteiger charge is -2.29. The first kappa shape index (κ1) is 22.0. The van der Waals surface area contributed by atoms with Crippen molar-refractivity contribution in [2.45, 2.75) is 6.17 Å². The maximum absolute atomic E-state index is 13.1. The van der Waals surface area contributed by atoms with Crippen LogP contribution in [0.5, 0.6) is 0 Å². The molecular weight excluding hydrogens is 460 g/mol. The van der Waals surface area contributed by atoms with Gasteiger partial charge < -0.3 is 24.7 Å². The van der Waals surface area contributed by atoms with Gasteiger partial charge in [0, 0.05) is 31.3 Å². The summed E-state index contributed by atoms with van der Waals surface area (Å²) in [6.45, 7) is 2.77. The molecule has 182 valence electrons. The molecule has 0 aliphatic carbocycles. The van der Waals surface area contributed by atoms with Crippen LogP contribution < -0.4 is 15.5 Å². The molecule has 11 nitrogen and oxygen atoms in total. The van der Waals surface area contributed by atoms with Gasteiger partial charge in [0.15, 0.2) is 0 Å². The summed E-state index contributed by atoms with van der Waals surface area (Å²) in [6, 6.07) is 17.4. The van der Waals surface area contributed by atoms with Gasteiger partial charge >= 0.3 is 6.01 Å². The van der Waals surface area contributed by atoms with Crippen molar-refractivity contribution in [3.05, 3.63) is 71.9 Å². The number of morpholine rings is 1. The van der Waals surface area contributed by atoms with E-state index in [0.717, 1.165) is 30.0 Å². The van der Waals surface area contributed by atoms with Crippen molar-refractivity contribution in [2.75, 3.05) is 41.8 Å². The number of ether oxygens (including phenoxy) is 1. The van der Waals surface area contributed by atoms with E-state index in [1.54, 1.807) is 10.9 Å².